The van der Waals surface area contributed by atoms with Crippen LogP contribution in [0.5, 0.6) is 0 Å². The minimum atomic E-state index is -0.694. The number of thiophene rings is 1. The molecule has 4 N–H and O–H groups in total. The zero-order chi connectivity index (χ0) is 22.4. The fourth-order valence-corrected chi connectivity index (χ4v) is 3.76. The topological polar surface area (TPSA) is 127 Å². The number of benzene rings is 1. The fraction of sp³-hybridized carbons (Fsp3) is 0.273. The molecule has 0 saturated heterocycles. The second-order valence-electron chi connectivity index (χ2n) is 7.27. The van der Waals surface area contributed by atoms with Gasteiger partial charge in [0.2, 0.25) is 5.95 Å². The first-order chi connectivity index (χ1) is 14.9. The molecule has 2 heterocycles. The number of aliphatic hydroxyl groups excluding tert-OH is 1. The van der Waals surface area contributed by atoms with Crippen LogP contribution in [0.4, 0.5) is 11.6 Å². The van der Waals surface area contributed by atoms with Gasteiger partial charge >= 0.3 is 5.97 Å². The number of nitrogens with one attached hydrogen (secondary N) is 1. The van der Waals surface area contributed by atoms with Crippen LogP contribution >= 0.6 is 11.3 Å². The number of esters is 1. The molecule has 9 heteroatoms. The molecule has 162 valence electrons. The van der Waals surface area contributed by atoms with Gasteiger partial charge in [0.05, 0.1) is 22.7 Å². The van der Waals surface area contributed by atoms with E-state index in [4.69, 9.17) is 15.6 Å². The van der Waals surface area contributed by atoms with E-state index < -0.39 is 11.9 Å². The number of carbonyl (C=O) groups is 2. The molecule has 0 unspecified atom stereocenters. The molecule has 2 aromatic heterocycles. The van der Waals surface area contributed by atoms with Crippen LogP contribution in [-0.4, -0.2) is 40.2 Å². The summed E-state index contributed by atoms with van der Waals surface area (Å²) in [5, 5.41) is 12.2. The van der Waals surface area contributed by atoms with Crippen molar-refractivity contribution >= 4 is 34.8 Å². The largest absolute Gasteiger partial charge is 0.462 e. The predicted molar refractivity (Wildman–Crippen MR) is 119 cm³/mol. The molecule has 0 bridgehead atoms. The number of hydrogen-bond donors (Lipinski definition) is 3. The molecule has 0 atom stereocenters. The summed E-state index contributed by atoms with van der Waals surface area (Å²) in [5.74, 6) is -0.749. The van der Waals surface area contributed by atoms with Gasteiger partial charge in [-0.1, -0.05) is 26.0 Å². The maximum Gasteiger partial charge on any atom is 0.339 e. The number of aliphatic hydroxyl groups is 1. The third-order valence-electron chi connectivity index (χ3n) is 4.22. The number of primary amides is 1. The summed E-state index contributed by atoms with van der Waals surface area (Å²) in [6.07, 6.45) is 2.14. The van der Waals surface area contributed by atoms with Gasteiger partial charge in [0, 0.05) is 18.5 Å². The third kappa shape index (κ3) is 5.87. The molecule has 0 fully saturated rings. The number of hydrogen-bond acceptors (Lipinski definition) is 8. The lowest BCUT2D eigenvalue weighted by Gasteiger charge is -2.07. The van der Waals surface area contributed by atoms with E-state index in [1.165, 1.54) is 0 Å². The highest BCUT2D eigenvalue weighted by molar-refractivity contribution is 7.17. The van der Waals surface area contributed by atoms with Crippen LogP contribution in [0.25, 0.3) is 10.6 Å². The molecule has 1 amide bonds. The van der Waals surface area contributed by atoms with E-state index in [1.807, 2.05) is 38.1 Å². The van der Waals surface area contributed by atoms with Crippen molar-refractivity contribution in [3.63, 3.8) is 0 Å². The average Bonchev–Trinajstić information content (AvgIpc) is 3.19. The number of anilines is 2. The lowest BCUT2D eigenvalue weighted by atomic mass is 10.1. The van der Waals surface area contributed by atoms with E-state index in [0.717, 1.165) is 22.6 Å². The van der Waals surface area contributed by atoms with Crippen molar-refractivity contribution in [2.75, 3.05) is 18.5 Å². The lowest BCUT2D eigenvalue weighted by Crippen LogP contribution is -2.16. The maximum atomic E-state index is 12.4. The van der Waals surface area contributed by atoms with Crippen molar-refractivity contribution in [3.8, 4) is 10.6 Å². The van der Waals surface area contributed by atoms with Crippen molar-refractivity contribution < 1.29 is 19.4 Å². The van der Waals surface area contributed by atoms with Crippen molar-refractivity contribution in [2.45, 2.75) is 20.3 Å². The van der Waals surface area contributed by atoms with E-state index in [-0.39, 0.29) is 29.6 Å². The Bertz CT molecular complexity index is 1080. The molecule has 8 nitrogen and oxygen atoms in total. The highest BCUT2D eigenvalue weighted by Gasteiger charge is 2.22. The molecule has 0 radical (unpaired) electrons. The monoisotopic (exact) mass is 440 g/mol. The van der Waals surface area contributed by atoms with Crippen LogP contribution in [0, 0.1) is 5.92 Å². The molecule has 0 spiro atoms. The minimum absolute atomic E-state index is 0.0674. The average molecular weight is 441 g/mol. The normalized spacial score (nSPS) is 10.8. The van der Waals surface area contributed by atoms with Crippen LogP contribution in [0.3, 0.4) is 0 Å². The molecule has 3 rings (SSSR count). The molecular weight excluding hydrogens is 416 g/mol. The van der Waals surface area contributed by atoms with E-state index in [2.05, 4.69) is 15.3 Å². The number of amides is 1. The SMILES string of the molecule is CC(C)COC(=O)c1cc(-c2ccnc(Nc3cccc(CCO)c3)n2)sc1C(N)=O. The Morgan fingerprint density at radius 1 is 1.26 bits per heavy atom. The summed E-state index contributed by atoms with van der Waals surface area (Å²) >= 11 is 1.09. The van der Waals surface area contributed by atoms with Gasteiger partial charge in [0.1, 0.15) is 4.88 Å². The summed E-state index contributed by atoms with van der Waals surface area (Å²) in [6, 6.07) is 10.8. The number of aromatic nitrogens is 2. The van der Waals surface area contributed by atoms with Crippen molar-refractivity contribution in [3.05, 3.63) is 58.6 Å². The highest BCUT2D eigenvalue weighted by atomic mass is 32.1. The second-order valence-corrected chi connectivity index (χ2v) is 8.33. The van der Waals surface area contributed by atoms with Crippen LogP contribution in [0.15, 0.2) is 42.6 Å². The Balaban J connectivity index is 1.86. The molecular formula is C22H24N4O4S. The third-order valence-corrected chi connectivity index (χ3v) is 5.39. The Kier molecular flexibility index (Phi) is 7.32. The Hall–Kier alpha value is -3.30. The Morgan fingerprint density at radius 2 is 2.06 bits per heavy atom. The van der Waals surface area contributed by atoms with Crippen LogP contribution < -0.4 is 11.1 Å². The summed E-state index contributed by atoms with van der Waals surface area (Å²) < 4.78 is 5.26. The summed E-state index contributed by atoms with van der Waals surface area (Å²) in [6.45, 7) is 4.17. The second kappa shape index (κ2) is 10.1. The predicted octanol–water partition coefficient (Wildman–Crippen LogP) is 3.40. The molecule has 1 aromatic carbocycles. The van der Waals surface area contributed by atoms with Gasteiger partial charge in [-0.3, -0.25) is 4.79 Å². The first-order valence-corrected chi connectivity index (χ1v) is 10.6. The van der Waals surface area contributed by atoms with Gasteiger partial charge in [-0.15, -0.1) is 11.3 Å². The number of nitrogens with zero attached hydrogens (tertiary/aromatic N) is 2. The minimum Gasteiger partial charge on any atom is -0.462 e. The van der Waals surface area contributed by atoms with E-state index >= 15 is 0 Å². The van der Waals surface area contributed by atoms with E-state index in [1.54, 1.807) is 18.3 Å². The highest BCUT2D eigenvalue weighted by Crippen LogP contribution is 2.31. The fourth-order valence-electron chi connectivity index (χ4n) is 2.79. The van der Waals surface area contributed by atoms with Gasteiger partial charge < -0.3 is 20.9 Å². The molecule has 0 saturated carbocycles. The number of nitrogens with two attached hydrogens (primary N) is 1. The zero-order valence-electron chi connectivity index (χ0n) is 17.3. The van der Waals surface area contributed by atoms with Crippen LogP contribution in [0.1, 0.15) is 39.4 Å². The maximum absolute atomic E-state index is 12.4. The summed E-state index contributed by atoms with van der Waals surface area (Å²) in [7, 11) is 0. The van der Waals surface area contributed by atoms with Crippen molar-refractivity contribution in [1.29, 1.82) is 0 Å². The first-order valence-electron chi connectivity index (χ1n) is 9.78. The van der Waals surface area contributed by atoms with E-state index in [0.29, 0.717) is 22.9 Å². The first kappa shape index (κ1) is 22.4. The van der Waals surface area contributed by atoms with E-state index in [9.17, 15) is 9.59 Å². The molecule has 0 aliphatic rings. The quantitative estimate of drug-likeness (QED) is 0.435. The van der Waals surface area contributed by atoms with Crippen molar-refractivity contribution in [1.82, 2.24) is 9.97 Å². The van der Waals surface area contributed by atoms with Gasteiger partial charge in [-0.2, -0.15) is 0 Å². The standard InChI is InChI=1S/C22H24N4O4S/c1-13(2)12-30-21(29)16-11-18(31-19(16)20(23)28)17-6-8-24-22(26-17)25-15-5-3-4-14(10-15)7-9-27/h3-6,8,10-11,13,27H,7,9,12H2,1-2H3,(H2,23,28)(H,24,25,26). The summed E-state index contributed by atoms with van der Waals surface area (Å²) in [4.78, 5) is 33.8. The Labute approximate surface area is 184 Å². The van der Waals surface area contributed by atoms with Crippen molar-refractivity contribution in [2.24, 2.45) is 11.7 Å². The zero-order valence-corrected chi connectivity index (χ0v) is 18.1. The smallest absolute Gasteiger partial charge is 0.339 e. The van der Waals surface area contributed by atoms with Gasteiger partial charge in [0.25, 0.3) is 5.91 Å². The molecule has 0 aliphatic carbocycles. The molecule has 0 aliphatic heterocycles. The Morgan fingerprint density at radius 3 is 2.77 bits per heavy atom. The van der Waals surface area contributed by atoms with Crippen LogP contribution in [-0.2, 0) is 11.2 Å². The molecule has 31 heavy (non-hydrogen) atoms. The van der Waals surface area contributed by atoms with Crippen LogP contribution in [0.2, 0.25) is 0 Å². The number of ether oxygens (including phenoxy) is 1. The van der Waals surface area contributed by atoms with Gasteiger partial charge in [0.15, 0.2) is 0 Å². The number of rotatable bonds is 9. The summed E-state index contributed by atoms with van der Waals surface area (Å²) in [5.41, 5.74) is 7.92. The van der Waals surface area contributed by atoms with Gasteiger partial charge in [-0.25, -0.2) is 14.8 Å². The molecule has 3 aromatic rings. The lowest BCUT2D eigenvalue weighted by molar-refractivity contribution is 0.0457. The van der Waals surface area contributed by atoms with Gasteiger partial charge in [-0.05, 0) is 42.2 Å². The number of carbonyl (C=O) groups excluding carboxylic acids is 2.